The van der Waals surface area contributed by atoms with Crippen LogP contribution in [0.5, 0.6) is 0 Å². The van der Waals surface area contributed by atoms with Crippen LogP contribution in [0.4, 0.5) is 4.79 Å². The first kappa shape index (κ1) is 16.0. The van der Waals surface area contributed by atoms with Gasteiger partial charge in [0.05, 0.1) is 6.54 Å². The second-order valence-electron chi connectivity index (χ2n) is 5.43. The zero-order valence-electron chi connectivity index (χ0n) is 12.3. The van der Waals surface area contributed by atoms with E-state index in [-0.39, 0.29) is 24.1 Å². The van der Waals surface area contributed by atoms with Crippen molar-refractivity contribution in [2.24, 2.45) is 0 Å². The molecule has 1 aliphatic heterocycles. The van der Waals surface area contributed by atoms with Gasteiger partial charge in [-0.15, -0.1) is 0 Å². The molecule has 112 valence electrons. The van der Waals surface area contributed by atoms with Gasteiger partial charge < -0.3 is 15.0 Å². The molecule has 3 amide bonds. The molecule has 0 spiro atoms. The van der Waals surface area contributed by atoms with Crippen molar-refractivity contribution in [2.45, 2.75) is 32.8 Å². The molecule has 0 aromatic carbocycles. The van der Waals surface area contributed by atoms with E-state index >= 15 is 0 Å². The second kappa shape index (κ2) is 6.40. The summed E-state index contributed by atoms with van der Waals surface area (Å²) in [5.41, 5.74) is -0.487. The number of hydrogen-bond acceptors (Lipinski definition) is 4. The van der Waals surface area contributed by atoms with Gasteiger partial charge in [-0.2, -0.15) is 0 Å². The lowest BCUT2D eigenvalue weighted by atomic mass is 10.2. The van der Waals surface area contributed by atoms with Crippen molar-refractivity contribution in [2.75, 3.05) is 20.1 Å². The molecule has 0 atom stereocenters. The monoisotopic (exact) mass is 283 g/mol. The summed E-state index contributed by atoms with van der Waals surface area (Å²) in [7, 11) is 1.51. The maximum Gasteiger partial charge on any atom is 0.412 e. The van der Waals surface area contributed by atoms with Gasteiger partial charge in [0.2, 0.25) is 5.91 Å². The molecule has 0 aliphatic carbocycles. The maximum atomic E-state index is 12.1. The van der Waals surface area contributed by atoms with Crippen molar-refractivity contribution < 1.29 is 19.1 Å². The average Bonchev–Trinajstić information content (AvgIpc) is 2.31. The first-order valence-electron chi connectivity index (χ1n) is 6.43. The predicted molar refractivity (Wildman–Crippen MR) is 72.7 cm³/mol. The lowest BCUT2D eigenvalue weighted by molar-refractivity contribution is -0.133. The van der Waals surface area contributed by atoms with Crippen molar-refractivity contribution in [3.8, 4) is 0 Å². The van der Waals surface area contributed by atoms with Gasteiger partial charge in [0.1, 0.15) is 11.3 Å². The van der Waals surface area contributed by atoms with Crippen LogP contribution >= 0.6 is 0 Å². The number of rotatable bonds is 3. The fraction of sp³-hybridized carbons (Fsp3) is 0.615. The minimum Gasteiger partial charge on any atom is -0.444 e. The Morgan fingerprint density at radius 2 is 2.05 bits per heavy atom. The van der Waals surface area contributed by atoms with Gasteiger partial charge in [-0.1, -0.05) is 6.08 Å². The Morgan fingerprint density at radius 1 is 1.40 bits per heavy atom. The van der Waals surface area contributed by atoms with E-state index < -0.39 is 11.7 Å². The Kier molecular flexibility index (Phi) is 5.12. The molecule has 0 aromatic heterocycles. The Balaban J connectivity index is 2.63. The van der Waals surface area contributed by atoms with Gasteiger partial charge in [-0.05, 0) is 27.2 Å². The van der Waals surface area contributed by atoms with Gasteiger partial charge >= 0.3 is 6.09 Å². The van der Waals surface area contributed by atoms with Gasteiger partial charge in [-0.3, -0.25) is 14.9 Å². The highest BCUT2D eigenvalue weighted by atomic mass is 16.6. The van der Waals surface area contributed by atoms with E-state index in [4.69, 9.17) is 4.74 Å². The molecule has 0 fully saturated rings. The van der Waals surface area contributed by atoms with E-state index in [1.807, 2.05) is 0 Å². The molecule has 0 unspecified atom stereocenters. The lowest BCUT2D eigenvalue weighted by Crippen LogP contribution is -2.46. The van der Waals surface area contributed by atoms with Crippen LogP contribution in [0.15, 0.2) is 11.8 Å². The summed E-state index contributed by atoms with van der Waals surface area (Å²) in [5.74, 6) is -0.637. The van der Waals surface area contributed by atoms with E-state index in [9.17, 15) is 14.4 Å². The maximum absolute atomic E-state index is 12.1. The van der Waals surface area contributed by atoms with E-state index in [0.717, 1.165) is 0 Å². The van der Waals surface area contributed by atoms with Crippen LogP contribution in [0.25, 0.3) is 0 Å². The molecule has 1 rings (SSSR count). The number of carbonyl (C=O) groups excluding carboxylic acids is 3. The number of amides is 3. The summed E-state index contributed by atoms with van der Waals surface area (Å²) in [6.07, 6.45) is 1.53. The molecule has 1 heterocycles. The van der Waals surface area contributed by atoms with E-state index in [0.29, 0.717) is 13.0 Å². The summed E-state index contributed by atoms with van der Waals surface area (Å²) in [6.45, 7) is 5.64. The van der Waals surface area contributed by atoms with E-state index in [1.165, 1.54) is 11.9 Å². The topological polar surface area (TPSA) is 87.7 Å². The van der Waals surface area contributed by atoms with Crippen LogP contribution in [-0.4, -0.2) is 48.5 Å². The fourth-order valence-corrected chi connectivity index (χ4v) is 1.65. The molecule has 0 saturated heterocycles. The van der Waals surface area contributed by atoms with Crippen molar-refractivity contribution in [3.05, 3.63) is 11.8 Å². The molecule has 0 bridgehead atoms. The van der Waals surface area contributed by atoms with Gasteiger partial charge in [0.25, 0.3) is 5.91 Å². The van der Waals surface area contributed by atoms with E-state index in [2.05, 4.69) is 10.6 Å². The van der Waals surface area contributed by atoms with Gasteiger partial charge in [0, 0.05) is 13.6 Å². The Morgan fingerprint density at radius 3 is 2.60 bits per heavy atom. The minimum absolute atomic E-state index is 0.0251. The van der Waals surface area contributed by atoms with Gasteiger partial charge in [-0.25, -0.2) is 4.79 Å². The molecule has 1 aliphatic rings. The number of carbonyl (C=O) groups is 3. The van der Waals surface area contributed by atoms with Crippen LogP contribution < -0.4 is 10.6 Å². The Hall–Kier alpha value is -2.05. The highest BCUT2D eigenvalue weighted by Gasteiger charge is 2.26. The van der Waals surface area contributed by atoms with Crippen LogP contribution in [0.2, 0.25) is 0 Å². The number of ether oxygens (including phenoxy) is 1. The van der Waals surface area contributed by atoms with Crippen LogP contribution in [0, 0.1) is 0 Å². The largest absolute Gasteiger partial charge is 0.444 e. The predicted octanol–water partition coefficient (Wildman–Crippen LogP) is 0.373. The average molecular weight is 283 g/mol. The molecular formula is C13H21N3O4. The smallest absolute Gasteiger partial charge is 0.412 e. The van der Waals surface area contributed by atoms with E-state index in [1.54, 1.807) is 26.8 Å². The molecule has 2 N–H and O–H groups in total. The molecule has 0 aromatic rings. The molecular weight excluding hydrogens is 262 g/mol. The number of likely N-dealkylation sites (N-methyl/N-ethyl adjacent to an activating group) is 1. The third kappa shape index (κ3) is 4.91. The number of nitrogens with one attached hydrogen (secondary N) is 2. The highest BCUT2D eigenvalue weighted by Crippen LogP contribution is 2.11. The SMILES string of the molecule is CNC(=O)CN1CCC=C(NC(=O)OC(C)(C)C)C1=O. The molecule has 0 radical (unpaired) electrons. The van der Waals surface area contributed by atoms with Gasteiger partial charge in [0.15, 0.2) is 0 Å². The second-order valence-corrected chi connectivity index (χ2v) is 5.43. The summed E-state index contributed by atoms with van der Waals surface area (Å²) in [6, 6.07) is 0. The van der Waals surface area contributed by atoms with Crippen molar-refractivity contribution in [3.63, 3.8) is 0 Å². The first-order chi connectivity index (χ1) is 9.23. The lowest BCUT2D eigenvalue weighted by Gasteiger charge is -2.27. The van der Waals surface area contributed by atoms with Crippen molar-refractivity contribution in [1.29, 1.82) is 0 Å². The quantitative estimate of drug-likeness (QED) is 0.783. The van der Waals surface area contributed by atoms with Crippen LogP contribution in [0.1, 0.15) is 27.2 Å². The Bertz CT molecular complexity index is 437. The number of nitrogens with zero attached hydrogens (tertiary/aromatic N) is 1. The highest BCUT2D eigenvalue weighted by molar-refractivity contribution is 5.98. The Labute approximate surface area is 118 Å². The van der Waals surface area contributed by atoms with Crippen molar-refractivity contribution in [1.82, 2.24) is 15.5 Å². The number of alkyl carbamates (subject to hydrolysis) is 1. The van der Waals surface area contributed by atoms with Crippen LogP contribution in [-0.2, 0) is 14.3 Å². The molecule has 0 saturated carbocycles. The third-order valence-electron chi connectivity index (χ3n) is 2.51. The minimum atomic E-state index is -0.682. The third-order valence-corrected chi connectivity index (χ3v) is 2.51. The zero-order chi connectivity index (χ0) is 15.3. The normalized spacial score (nSPS) is 15.5. The summed E-state index contributed by atoms with van der Waals surface area (Å²) in [5, 5.41) is 4.88. The standard InChI is InChI=1S/C13H21N3O4/c1-13(2,3)20-12(19)15-9-6-5-7-16(11(9)18)8-10(17)14-4/h6H,5,7-8H2,1-4H3,(H,14,17)(H,15,19). The number of hydrogen-bond donors (Lipinski definition) is 2. The summed E-state index contributed by atoms with van der Waals surface area (Å²) < 4.78 is 5.09. The summed E-state index contributed by atoms with van der Waals surface area (Å²) in [4.78, 5) is 36.4. The van der Waals surface area contributed by atoms with Crippen LogP contribution in [0.3, 0.4) is 0 Å². The van der Waals surface area contributed by atoms with Crippen molar-refractivity contribution >= 4 is 17.9 Å². The summed E-state index contributed by atoms with van der Waals surface area (Å²) >= 11 is 0. The first-order valence-corrected chi connectivity index (χ1v) is 6.43. The molecule has 20 heavy (non-hydrogen) atoms. The fourth-order valence-electron chi connectivity index (χ4n) is 1.65. The molecule has 7 heteroatoms. The molecule has 7 nitrogen and oxygen atoms in total. The zero-order valence-corrected chi connectivity index (χ0v) is 12.3.